The van der Waals surface area contributed by atoms with Gasteiger partial charge in [-0.3, -0.25) is 0 Å². The summed E-state index contributed by atoms with van der Waals surface area (Å²) in [5.74, 6) is 0. The lowest BCUT2D eigenvalue weighted by molar-refractivity contribution is 0.721. The fourth-order valence-corrected chi connectivity index (χ4v) is 1.16. The molecule has 0 spiro atoms. The highest BCUT2D eigenvalue weighted by molar-refractivity contribution is 6.21. The van der Waals surface area contributed by atoms with Gasteiger partial charge in [-0.05, 0) is 25.7 Å². The Kier molecular flexibility index (Phi) is 1.68. The summed E-state index contributed by atoms with van der Waals surface area (Å²) in [6.45, 7) is 0. The van der Waals surface area contributed by atoms with E-state index in [0.29, 0.717) is 0 Å². The molecule has 7 heavy (non-hydrogen) atoms. The number of allylic oxidation sites excluding steroid dienone is 2. The molecule has 0 atom stereocenters. The molecule has 1 heteroatoms. The molecule has 1 aliphatic carbocycles. The maximum absolute atomic E-state index is 3.49. The van der Waals surface area contributed by atoms with Crippen molar-refractivity contribution in [2.75, 3.05) is 0 Å². The standard InChI is InChI=1S/C6H9Si/c7-6-4-2-1-3-5-6/h4H,1-3,5H2. The smallest absolute Gasteiger partial charge is 0.0646 e. The Labute approximate surface area is 48.0 Å². The predicted octanol–water partition coefficient (Wildman–Crippen LogP) is 1.61. The third-order valence-electron chi connectivity index (χ3n) is 1.29. The zero-order valence-corrected chi connectivity index (χ0v) is 5.41. The molecular formula is C6H9Si. The van der Waals surface area contributed by atoms with E-state index in [1.54, 1.807) is 0 Å². The van der Waals surface area contributed by atoms with Gasteiger partial charge in [-0.1, -0.05) is 11.3 Å². The number of rotatable bonds is 0. The van der Waals surface area contributed by atoms with Crippen LogP contribution in [-0.4, -0.2) is 10.2 Å². The van der Waals surface area contributed by atoms with Crippen LogP contribution in [0.15, 0.2) is 11.3 Å². The van der Waals surface area contributed by atoms with Crippen molar-refractivity contribution in [3.63, 3.8) is 0 Å². The maximum Gasteiger partial charge on any atom is 0.0646 e. The SMILES string of the molecule is [Si]C1=CCCCC1. The van der Waals surface area contributed by atoms with E-state index in [1.165, 1.54) is 30.9 Å². The highest BCUT2D eigenvalue weighted by Crippen LogP contribution is 2.13. The summed E-state index contributed by atoms with van der Waals surface area (Å²) in [6.07, 6.45) is 7.55. The lowest BCUT2D eigenvalue weighted by atomic mass is 10.1. The van der Waals surface area contributed by atoms with Crippen LogP contribution in [0.1, 0.15) is 25.7 Å². The molecule has 0 saturated heterocycles. The van der Waals surface area contributed by atoms with Gasteiger partial charge in [0.25, 0.3) is 0 Å². The molecule has 0 nitrogen and oxygen atoms in total. The first-order valence-electron chi connectivity index (χ1n) is 2.80. The normalized spacial score (nSPS) is 21.6. The Morgan fingerprint density at radius 1 is 1.43 bits per heavy atom. The minimum absolute atomic E-state index is 1.26. The summed E-state index contributed by atoms with van der Waals surface area (Å²) in [4.78, 5) is 0. The molecule has 0 saturated carbocycles. The Hall–Kier alpha value is -0.0431. The molecule has 1 aliphatic rings. The average Bonchev–Trinajstić information content (AvgIpc) is 1.69. The molecule has 3 radical (unpaired) electrons. The molecule has 37 valence electrons. The van der Waals surface area contributed by atoms with Gasteiger partial charge in [0, 0.05) is 0 Å². The monoisotopic (exact) mass is 109 g/mol. The van der Waals surface area contributed by atoms with Crippen LogP contribution in [0.3, 0.4) is 0 Å². The second-order valence-corrected chi connectivity index (χ2v) is 2.62. The third kappa shape index (κ3) is 1.47. The Morgan fingerprint density at radius 3 is 2.57 bits per heavy atom. The van der Waals surface area contributed by atoms with E-state index in [9.17, 15) is 0 Å². The van der Waals surface area contributed by atoms with Crippen LogP contribution < -0.4 is 0 Å². The Morgan fingerprint density at radius 2 is 2.29 bits per heavy atom. The molecule has 0 N–H and O–H groups in total. The molecule has 0 aromatic carbocycles. The van der Waals surface area contributed by atoms with Gasteiger partial charge in [0.05, 0.1) is 10.2 Å². The lowest BCUT2D eigenvalue weighted by Gasteiger charge is -2.05. The predicted molar refractivity (Wildman–Crippen MR) is 32.3 cm³/mol. The van der Waals surface area contributed by atoms with Gasteiger partial charge in [0.1, 0.15) is 0 Å². The Bertz CT molecular complexity index is 84.2. The third-order valence-corrected chi connectivity index (χ3v) is 1.75. The van der Waals surface area contributed by atoms with Crippen LogP contribution in [0.5, 0.6) is 0 Å². The zero-order valence-electron chi connectivity index (χ0n) is 4.41. The maximum atomic E-state index is 3.49. The summed E-state index contributed by atoms with van der Waals surface area (Å²) in [7, 11) is 3.49. The van der Waals surface area contributed by atoms with Gasteiger partial charge in [-0.15, -0.1) is 0 Å². The second kappa shape index (κ2) is 2.31. The topological polar surface area (TPSA) is 0 Å². The lowest BCUT2D eigenvalue weighted by Crippen LogP contribution is -1.89. The number of hydrogen-bond acceptors (Lipinski definition) is 0. The van der Waals surface area contributed by atoms with E-state index < -0.39 is 0 Å². The number of hydrogen-bond donors (Lipinski definition) is 0. The van der Waals surface area contributed by atoms with Crippen molar-refractivity contribution in [1.29, 1.82) is 0 Å². The van der Waals surface area contributed by atoms with Crippen LogP contribution in [0.4, 0.5) is 0 Å². The van der Waals surface area contributed by atoms with Crippen molar-refractivity contribution in [2.24, 2.45) is 0 Å². The highest BCUT2D eigenvalue weighted by Gasteiger charge is 1.95. The summed E-state index contributed by atoms with van der Waals surface area (Å²) in [5, 5.41) is 1.39. The molecule has 0 aliphatic heterocycles. The van der Waals surface area contributed by atoms with Crippen molar-refractivity contribution in [1.82, 2.24) is 0 Å². The fourth-order valence-electron chi connectivity index (χ4n) is 0.838. The molecule has 0 aromatic heterocycles. The van der Waals surface area contributed by atoms with Crippen molar-refractivity contribution >= 4 is 10.2 Å². The van der Waals surface area contributed by atoms with Crippen molar-refractivity contribution in [3.05, 3.63) is 11.3 Å². The minimum atomic E-state index is 1.26. The van der Waals surface area contributed by atoms with Crippen LogP contribution >= 0.6 is 0 Å². The Balaban J connectivity index is 2.40. The molecule has 0 fully saturated rings. The second-order valence-electron chi connectivity index (χ2n) is 1.98. The average molecular weight is 109 g/mol. The van der Waals surface area contributed by atoms with Gasteiger partial charge in [0.15, 0.2) is 0 Å². The van der Waals surface area contributed by atoms with Gasteiger partial charge < -0.3 is 0 Å². The zero-order chi connectivity index (χ0) is 5.11. The summed E-state index contributed by atoms with van der Waals surface area (Å²) >= 11 is 0. The van der Waals surface area contributed by atoms with E-state index >= 15 is 0 Å². The quantitative estimate of drug-likeness (QED) is 0.415. The largest absolute Gasteiger partial charge is 0.0923 e. The van der Waals surface area contributed by atoms with Gasteiger partial charge >= 0.3 is 0 Å². The molecule has 0 amide bonds. The van der Waals surface area contributed by atoms with Crippen LogP contribution in [0.2, 0.25) is 0 Å². The molecule has 0 bridgehead atoms. The highest BCUT2D eigenvalue weighted by atomic mass is 28.1. The van der Waals surface area contributed by atoms with Crippen LogP contribution in [0.25, 0.3) is 0 Å². The first-order valence-corrected chi connectivity index (χ1v) is 3.30. The fraction of sp³-hybridized carbons (Fsp3) is 0.667. The van der Waals surface area contributed by atoms with Gasteiger partial charge in [-0.25, -0.2) is 0 Å². The van der Waals surface area contributed by atoms with Crippen molar-refractivity contribution in [3.8, 4) is 0 Å². The molecule has 0 unspecified atom stereocenters. The minimum Gasteiger partial charge on any atom is -0.0923 e. The molecule has 0 heterocycles. The van der Waals surface area contributed by atoms with Crippen LogP contribution in [0, 0.1) is 0 Å². The van der Waals surface area contributed by atoms with E-state index in [4.69, 9.17) is 0 Å². The van der Waals surface area contributed by atoms with Crippen LogP contribution in [-0.2, 0) is 0 Å². The summed E-state index contributed by atoms with van der Waals surface area (Å²) in [6, 6.07) is 0. The molecular weight excluding hydrogens is 100 g/mol. The van der Waals surface area contributed by atoms with Gasteiger partial charge in [-0.2, -0.15) is 0 Å². The van der Waals surface area contributed by atoms with E-state index in [1.807, 2.05) is 0 Å². The van der Waals surface area contributed by atoms with Crippen molar-refractivity contribution in [2.45, 2.75) is 25.7 Å². The summed E-state index contributed by atoms with van der Waals surface area (Å²) < 4.78 is 0. The van der Waals surface area contributed by atoms with E-state index in [0.717, 1.165) is 0 Å². The molecule has 0 aromatic rings. The summed E-state index contributed by atoms with van der Waals surface area (Å²) in [5.41, 5.74) is 0. The molecule has 1 rings (SSSR count). The van der Waals surface area contributed by atoms with E-state index in [2.05, 4.69) is 16.3 Å². The first-order chi connectivity index (χ1) is 3.39. The first kappa shape index (κ1) is 5.10. The van der Waals surface area contributed by atoms with Gasteiger partial charge in [0.2, 0.25) is 0 Å². The van der Waals surface area contributed by atoms with Crippen molar-refractivity contribution < 1.29 is 0 Å². The van der Waals surface area contributed by atoms with E-state index in [-0.39, 0.29) is 0 Å².